The SMILES string of the molecule is O=C1NC(c2ccccc2)CNc2ccccc21. The summed E-state index contributed by atoms with van der Waals surface area (Å²) in [7, 11) is 0. The highest BCUT2D eigenvalue weighted by molar-refractivity contribution is 6.00. The number of anilines is 1. The van der Waals surface area contributed by atoms with Crippen LogP contribution in [0.3, 0.4) is 0 Å². The van der Waals surface area contributed by atoms with Crippen molar-refractivity contribution in [2.45, 2.75) is 6.04 Å². The third-order valence-corrected chi connectivity index (χ3v) is 3.18. The summed E-state index contributed by atoms with van der Waals surface area (Å²) in [5.74, 6) is -0.0237. The number of hydrogen-bond acceptors (Lipinski definition) is 2. The first-order valence-corrected chi connectivity index (χ1v) is 6.03. The van der Waals surface area contributed by atoms with Crippen LogP contribution < -0.4 is 10.6 Å². The van der Waals surface area contributed by atoms with Gasteiger partial charge in [0.05, 0.1) is 11.6 Å². The van der Waals surface area contributed by atoms with Crippen molar-refractivity contribution in [2.24, 2.45) is 0 Å². The van der Waals surface area contributed by atoms with Gasteiger partial charge >= 0.3 is 0 Å². The zero-order valence-corrected chi connectivity index (χ0v) is 9.89. The average molecular weight is 238 g/mol. The van der Waals surface area contributed by atoms with Gasteiger partial charge in [0.25, 0.3) is 5.91 Å². The van der Waals surface area contributed by atoms with E-state index in [4.69, 9.17) is 0 Å². The summed E-state index contributed by atoms with van der Waals surface area (Å²) in [6, 6.07) is 17.6. The van der Waals surface area contributed by atoms with Crippen molar-refractivity contribution < 1.29 is 4.79 Å². The highest BCUT2D eigenvalue weighted by atomic mass is 16.1. The summed E-state index contributed by atoms with van der Waals surface area (Å²) in [6.45, 7) is 0.701. The van der Waals surface area contributed by atoms with Crippen molar-refractivity contribution in [1.82, 2.24) is 5.32 Å². The van der Waals surface area contributed by atoms with Gasteiger partial charge in [0, 0.05) is 12.2 Å². The van der Waals surface area contributed by atoms with Crippen LogP contribution in [-0.4, -0.2) is 12.5 Å². The van der Waals surface area contributed by atoms with Crippen LogP contribution >= 0.6 is 0 Å². The van der Waals surface area contributed by atoms with Gasteiger partial charge in [-0.2, -0.15) is 0 Å². The van der Waals surface area contributed by atoms with E-state index in [1.165, 1.54) is 0 Å². The number of hydrogen-bond donors (Lipinski definition) is 2. The molecule has 0 fully saturated rings. The molecule has 1 heterocycles. The second-order valence-electron chi connectivity index (χ2n) is 4.36. The van der Waals surface area contributed by atoms with E-state index in [1.54, 1.807) is 0 Å². The molecule has 2 aromatic carbocycles. The molecule has 3 nitrogen and oxygen atoms in total. The van der Waals surface area contributed by atoms with Crippen molar-refractivity contribution in [3.05, 3.63) is 65.7 Å². The highest BCUT2D eigenvalue weighted by Crippen LogP contribution is 2.22. The topological polar surface area (TPSA) is 41.1 Å². The van der Waals surface area contributed by atoms with E-state index < -0.39 is 0 Å². The van der Waals surface area contributed by atoms with Gasteiger partial charge in [-0.15, -0.1) is 0 Å². The van der Waals surface area contributed by atoms with Gasteiger partial charge in [0.2, 0.25) is 0 Å². The van der Waals surface area contributed by atoms with Crippen LogP contribution in [0.15, 0.2) is 54.6 Å². The summed E-state index contributed by atoms with van der Waals surface area (Å²) in [5, 5.41) is 6.37. The van der Waals surface area contributed by atoms with Gasteiger partial charge < -0.3 is 10.6 Å². The van der Waals surface area contributed by atoms with Crippen LogP contribution in [0.4, 0.5) is 5.69 Å². The van der Waals surface area contributed by atoms with Crippen molar-refractivity contribution in [1.29, 1.82) is 0 Å². The van der Waals surface area contributed by atoms with Crippen LogP contribution in [0, 0.1) is 0 Å². The van der Waals surface area contributed by atoms with Crippen LogP contribution in [0.2, 0.25) is 0 Å². The Bertz CT molecular complexity index is 566. The molecule has 1 unspecified atom stereocenters. The lowest BCUT2D eigenvalue weighted by Crippen LogP contribution is -2.29. The number of carbonyl (C=O) groups is 1. The van der Waals surface area contributed by atoms with Gasteiger partial charge in [-0.25, -0.2) is 0 Å². The Morgan fingerprint density at radius 1 is 0.944 bits per heavy atom. The number of fused-ring (bicyclic) bond motifs is 1. The molecule has 0 aliphatic carbocycles. The number of rotatable bonds is 1. The van der Waals surface area contributed by atoms with Crippen molar-refractivity contribution in [2.75, 3.05) is 11.9 Å². The second kappa shape index (κ2) is 4.53. The molecule has 90 valence electrons. The maximum atomic E-state index is 12.1. The number of para-hydroxylation sites is 1. The molecular weight excluding hydrogens is 224 g/mol. The predicted molar refractivity (Wildman–Crippen MR) is 71.6 cm³/mol. The van der Waals surface area contributed by atoms with Gasteiger partial charge in [0.15, 0.2) is 0 Å². The quantitative estimate of drug-likeness (QED) is 0.801. The second-order valence-corrected chi connectivity index (χ2v) is 4.36. The minimum atomic E-state index is -0.0237. The number of amides is 1. The molecule has 1 amide bonds. The Morgan fingerprint density at radius 3 is 2.50 bits per heavy atom. The smallest absolute Gasteiger partial charge is 0.253 e. The Labute approximate surface area is 106 Å². The molecule has 0 spiro atoms. The maximum Gasteiger partial charge on any atom is 0.253 e. The fourth-order valence-corrected chi connectivity index (χ4v) is 2.22. The molecule has 0 bridgehead atoms. The van der Waals surface area contributed by atoms with Crippen molar-refractivity contribution in [3.63, 3.8) is 0 Å². The molecule has 0 aromatic heterocycles. The Balaban J connectivity index is 1.91. The van der Waals surface area contributed by atoms with Gasteiger partial charge in [-0.1, -0.05) is 42.5 Å². The van der Waals surface area contributed by atoms with Gasteiger partial charge in [-0.3, -0.25) is 4.79 Å². The predicted octanol–water partition coefficient (Wildman–Crippen LogP) is 2.58. The summed E-state index contributed by atoms with van der Waals surface area (Å²) >= 11 is 0. The lowest BCUT2D eigenvalue weighted by molar-refractivity contribution is 0.0942. The first-order chi connectivity index (χ1) is 8.84. The van der Waals surface area contributed by atoms with E-state index in [0.29, 0.717) is 12.1 Å². The minimum absolute atomic E-state index is 0.00565. The molecule has 3 heteroatoms. The Morgan fingerprint density at radius 2 is 1.67 bits per heavy atom. The van der Waals surface area contributed by atoms with E-state index in [-0.39, 0.29) is 11.9 Å². The van der Waals surface area contributed by atoms with Gasteiger partial charge in [-0.05, 0) is 17.7 Å². The molecule has 18 heavy (non-hydrogen) atoms. The lowest BCUT2D eigenvalue weighted by Gasteiger charge is -2.16. The van der Waals surface area contributed by atoms with Crippen LogP contribution in [0.1, 0.15) is 22.0 Å². The third kappa shape index (κ3) is 1.95. The Kier molecular flexibility index (Phi) is 2.73. The molecule has 1 aliphatic heterocycles. The standard InChI is InChI=1S/C15H14N2O/c18-15-12-8-4-5-9-13(12)16-10-14(17-15)11-6-2-1-3-7-11/h1-9,14,16H,10H2,(H,17,18). The van der Waals surface area contributed by atoms with E-state index in [1.807, 2.05) is 54.6 Å². The molecule has 2 N–H and O–H groups in total. The molecule has 1 atom stereocenters. The average Bonchev–Trinajstić information content (AvgIpc) is 2.60. The first kappa shape index (κ1) is 10.8. The molecule has 3 rings (SSSR count). The molecule has 0 saturated heterocycles. The lowest BCUT2D eigenvalue weighted by atomic mass is 10.1. The van der Waals surface area contributed by atoms with E-state index >= 15 is 0 Å². The minimum Gasteiger partial charge on any atom is -0.382 e. The first-order valence-electron chi connectivity index (χ1n) is 6.03. The number of carbonyl (C=O) groups excluding carboxylic acids is 1. The molecule has 0 radical (unpaired) electrons. The van der Waals surface area contributed by atoms with E-state index in [9.17, 15) is 4.79 Å². The molecule has 1 aliphatic rings. The van der Waals surface area contributed by atoms with Crippen molar-refractivity contribution >= 4 is 11.6 Å². The highest BCUT2D eigenvalue weighted by Gasteiger charge is 2.21. The van der Waals surface area contributed by atoms with E-state index in [0.717, 1.165) is 11.3 Å². The van der Waals surface area contributed by atoms with Crippen LogP contribution in [0.5, 0.6) is 0 Å². The van der Waals surface area contributed by atoms with E-state index in [2.05, 4.69) is 10.6 Å². The molecule has 2 aromatic rings. The summed E-state index contributed by atoms with van der Waals surface area (Å²) in [4.78, 5) is 12.1. The summed E-state index contributed by atoms with van der Waals surface area (Å²) in [6.07, 6.45) is 0. The Hall–Kier alpha value is -2.29. The summed E-state index contributed by atoms with van der Waals surface area (Å²) in [5.41, 5.74) is 2.72. The number of benzene rings is 2. The fourth-order valence-electron chi connectivity index (χ4n) is 2.22. The molecular formula is C15H14N2O. The monoisotopic (exact) mass is 238 g/mol. The van der Waals surface area contributed by atoms with Gasteiger partial charge in [0.1, 0.15) is 0 Å². The normalized spacial score (nSPS) is 18.2. The largest absolute Gasteiger partial charge is 0.382 e. The van der Waals surface area contributed by atoms with Crippen molar-refractivity contribution in [3.8, 4) is 0 Å². The fraction of sp³-hybridized carbons (Fsp3) is 0.133. The zero-order valence-electron chi connectivity index (χ0n) is 9.89. The zero-order chi connectivity index (χ0) is 12.4. The summed E-state index contributed by atoms with van der Waals surface area (Å²) < 4.78 is 0. The van der Waals surface area contributed by atoms with Crippen LogP contribution in [-0.2, 0) is 0 Å². The third-order valence-electron chi connectivity index (χ3n) is 3.18. The molecule has 0 saturated carbocycles. The maximum absolute atomic E-state index is 12.1. The van der Waals surface area contributed by atoms with Crippen LogP contribution in [0.25, 0.3) is 0 Å². The number of nitrogens with one attached hydrogen (secondary N) is 2.